The number of thiophene rings is 1. The van der Waals surface area contributed by atoms with Gasteiger partial charge in [-0.2, -0.15) is 0 Å². The summed E-state index contributed by atoms with van der Waals surface area (Å²) in [4.78, 5) is 34.9. The van der Waals surface area contributed by atoms with Gasteiger partial charge in [0.2, 0.25) is 5.91 Å². The van der Waals surface area contributed by atoms with E-state index in [1.54, 1.807) is 11.3 Å². The second kappa shape index (κ2) is 6.93. The summed E-state index contributed by atoms with van der Waals surface area (Å²) >= 11 is 1.55. The Labute approximate surface area is 148 Å². The first kappa shape index (κ1) is 17.6. The van der Waals surface area contributed by atoms with Gasteiger partial charge >= 0.3 is 5.97 Å². The van der Waals surface area contributed by atoms with Gasteiger partial charge in [-0.1, -0.05) is 0 Å². The minimum atomic E-state index is -1.97. The molecule has 0 aromatic carbocycles. The summed E-state index contributed by atoms with van der Waals surface area (Å²) < 4.78 is 0. The van der Waals surface area contributed by atoms with Crippen LogP contribution in [0, 0.1) is 5.92 Å². The summed E-state index contributed by atoms with van der Waals surface area (Å²) in [5.74, 6) is -1.07. The van der Waals surface area contributed by atoms with Gasteiger partial charge < -0.3 is 20.4 Å². The van der Waals surface area contributed by atoms with Crippen LogP contribution < -0.4 is 10.2 Å². The van der Waals surface area contributed by atoms with E-state index in [1.165, 1.54) is 6.33 Å². The Hall–Kier alpha value is -2.26. The standard InChI is InChI=1S/C16H20N4O4S/c1-16(24,15(22)23)8-17-13(21)10-3-2-5-20(7-10)12-11-4-6-25-14(11)19-9-18-12/h4,6,9-10,24H,2-3,5,7-8H2,1H3,(H,17,21)(H,22,23). The molecule has 2 aromatic rings. The second-order valence-corrected chi connectivity index (χ2v) is 7.31. The van der Waals surface area contributed by atoms with E-state index < -0.39 is 11.6 Å². The van der Waals surface area contributed by atoms with Crippen molar-refractivity contribution in [3.8, 4) is 0 Å². The quantitative estimate of drug-likeness (QED) is 0.720. The number of carbonyl (C=O) groups is 2. The van der Waals surface area contributed by atoms with Crippen molar-refractivity contribution < 1.29 is 19.8 Å². The van der Waals surface area contributed by atoms with Crippen molar-refractivity contribution in [1.29, 1.82) is 0 Å². The van der Waals surface area contributed by atoms with E-state index in [0.717, 1.165) is 42.3 Å². The maximum atomic E-state index is 12.4. The van der Waals surface area contributed by atoms with E-state index in [0.29, 0.717) is 6.54 Å². The van der Waals surface area contributed by atoms with Crippen molar-refractivity contribution in [3.05, 3.63) is 17.8 Å². The summed E-state index contributed by atoms with van der Waals surface area (Å²) in [5, 5.41) is 24.1. The van der Waals surface area contributed by atoms with Gasteiger partial charge in [0.25, 0.3) is 0 Å². The summed E-state index contributed by atoms with van der Waals surface area (Å²) in [5.41, 5.74) is -1.97. The maximum Gasteiger partial charge on any atom is 0.337 e. The van der Waals surface area contributed by atoms with Crippen molar-refractivity contribution in [2.45, 2.75) is 25.4 Å². The monoisotopic (exact) mass is 364 g/mol. The van der Waals surface area contributed by atoms with E-state index >= 15 is 0 Å². The number of carbonyl (C=O) groups excluding carboxylic acids is 1. The smallest absolute Gasteiger partial charge is 0.337 e. The zero-order valence-electron chi connectivity index (χ0n) is 13.8. The number of amides is 1. The number of hydrogen-bond acceptors (Lipinski definition) is 7. The van der Waals surface area contributed by atoms with Gasteiger partial charge in [0.15, 0.2) is 5.60 Å². The van der Waals surface area contributed by atoms with Crippen LogP contribution in [-0.2, 0) is 9.59 Å². The molecule has 9 heteroatoms. The Balaban J connectivity index is 1.68. The summed E-state index contributed by atoms with van der Waals surface area (Å²) in [6.45, 7) is 2.15. The molecule has 2 atom stereocenters. The fourth-order valence-corrected chi connectivity index (χ4v) is 3.62. The first-order chi connectivity index (χ1) is 11.9. The summed E-state index contributed by atoms with van der Waals surface area (Å²) in [6, 6.07) is 1.98. The lowest BCUT2D eigenvalue weighted by Crippen LogP contribution is -2.50. The zero-order valence-corrected chi connectivity index (χ0v) is 14.6. The number of anilines is 1. The number of fused-ring (bicyclic) bond motifs is 1. The molecule has 25 heavy (non-hydrogen) atoms. The number of hydrogen-bond donors (Lipinski definition) is 3. The van der Waals surface area contributed by atoms with Crippen molar-refractivity contribution in [3.63, 3.8) is 0 Å². The molecule has 2 unspecified atom stereocenters. The van der Waals surface area contributed by atoms with Crippen LogP contribution in [0.4, 0.5) is 5.82 Å². The van der Waals surface area contributed by atoms with Crippen LogP contribution in [0.2, 0.25) is 0 Å². The van der Waals surface area contributed by atoms with E-state index in [9.17, 15) is 14.7 Å². The molecule has 0 bridgehead atoms. The van der Waals surface area contributed by atoms with Gasteiger partial charge in [-0.05, 0) is 31.2 Å². The molecule has 1 aliphatic rings. The maximum absolute atomic E-state index is 12.4. The lowest BCUT2D eigenvalue weighted by Gasteiger charge is -2.33. The third-order valence-corrected chi connectivity index (χ3v) is 5.22. The molecule has 0 spiro atoms. The third kappa shape index (κ3) is 3.72. The van der Waals surface area contributed by atoms with Crippen molar-refractivity contribution >= 4 is 39.2 Å². The van der Waals surface area contributed by atoms with Gasteiger partial charge in [-0.3, -0.25) is 4.79 Å². The van der Waals surface area contributed by atoms with Crippen molar-refractivity contribution in [1.82, 2.24) is 15.3 Å². The minimum absolute atomic E-state index is 0.248. The number of aliphatic carboxylic acids is 1. The Morgan fingerprint density at radius 3 is 3.04 bits per heavy atom. The molecule has 3 N–H and O–H groups in total. The van der Waals surface area contributed by atoms with Gasteiger partial charge in [-0.15, -0.1) is 11.3 Å². The molecule has 0 radical (unpaired) electrons. The predicted molar refractivity (Wildman–Crippen MR) is 93.6 cm³/mol. The van der Waals surface area contributed by atoms with Crippen LogP contribution in [0.3, 0.4) is 0 Å². The normalized spacial score (nSPS) is 20.2. The lowest BCUT2D eigenvalue weighted by molar-refractivity contribution is -0.156. The molecule has 0 aliphatic carbocycles. The number of nitrogens with one attached hydrogen (secondary N) is 1. The number of piperidine rings is 1. The molecule has 1 amide bonds. The highest BCUT2D eigenvalue weighted by atomic mass is 32.1. The lowest BCUT2D eigenvalue weighted by atomic mass is 9.96. The number of aliphatic hydroxyl groups is 1. The molecular formula is C16H20N4O4S. The number of rotatable bonds is 5. The number of nitrogens with zero attached hydrogens (tertiary/aromatic N) is 3. The Morgan fingerprint density at radius 2 is 2.28 bits per heavy atom. The van der Waals surface area contributed by atoms with Crippen molar-refractivity contribution in [2.24, 2.45) is 5.92 Å². The number of carboxylic acids is 1. The van der Waals surface area contributed by atoms with Crippen LogP contribution in [0.25, 0.3) is 10.2 Å². The summed E-state index contributed by atoms with van der Waals surface area (Å²) in [6.07, 6.45) is 3.08. The Bertz CT molecular complexity index is 791. The van der Waals surface area contributed by atoms with E-state index in [2.05, 4.69) is 20.2 Å². The first-order valence-electron chi connectivity index (χ1n) is 8.05. The Kier molecular flexibility index (Phi) is 4.87. The minimum Gasteiger partial charge on any atom is -0.479 e. The largest absolute Gasteiger partial charge is 0.479 e. The molecule has 1 saturated heterocycles. The van der Waals surface area contributed by atoms with Gasteiger partial charge in [-0.25, -0.2) is 14.8 Å². The molecule has 3 heterocycles. The van der Waals surface area contributed by atoms with Gasteiger partial charge in [0.1, 0.15) is 17.0 Å². The average molecular weight is 364 g/mol. The highest BCUT2D eigenvalue weighted by Gasteiger charge is 2.33. The molecule has 1 fully saturated rings. The highest BCUT2D eigenvalue weighted by Crippen LogP contribution is 2.29. The van der Waals surface area contributed by atoms with Crippen LogP contribution >= 0.6 is 11.3 Å². The molecular weight excluding hydrogens is 344 g/mol. The van der Waals surface area contributed by atoms with Gasteiger partial charge in [0.05, 0.1) is 17.8 Å². The van der Waals surface area contributed by atoms with Gasteiger partial charge in [0, 0.05) is 13.1 Å². The molecule has 8 nitrogen and oxygen atoms in total. The number of aromatic nitrogens is 2. The van der Waals surface area contributed by atoms with Crippen LogP contribution in [0.1, 0.15) is 19.8 Å². The highest BCUT2D eigenvalue weighted by molar-refractivity contribution is 7.16. The third-order valence-electron chi connectivity index (χ3n) is 4.40. The second-order valence-electron chi connectivity index (χ2n) is 6.42. The fourth-order valence-electron chi connectivity index (χ4n) is 2.89. The van der Waals surface area contributed by atoms with E-state index in [-0.39, 0.29) is 18.4 Å². The summed E-state index contributed by atoms with van der Waals surface area (Å²) in [7, 11) is 0. The fraction of sp³-hybridized carbons (Fsp3) is 0.500. The first-order valence-corrected chi connectivity index (χ1v) is 8.93. The molecule has 0 saturated carbocycles. The SMILES string of the molecule is CC(O)(CNC(=O)C1CCCN(c2ncnc3sccc23)C1)C(=O)O. The topological polar surface area (TPSA) is 116 Å². The van der Waals surface area contributed by atoms with Crippen LogP contribution in [-0.4, -0.2) is 57.3 Å². The van der Waals surface area contributed by atoms with E-state index in [4.69, 9.17) is 5.11 Å². The molecule has 2 aromatic heterocycles. The number of carboxylic acid groups (broad SMARTS) is 1. The average Bonchev–Trinajstić information content (AvgIpc) is 3.08. The van der Waals surface area contributed by atoms with Crippen LogP contribution in [0.5, 0.6) is 0 Å². The van der Waals surface area contributed by atoms with Crippen LogP contribution in [0.15, 0.2) is 17.8 Å². The Morgan fingerprint density at radius 1 is 1.48 bits per heavy atom. The van der Waals surface area contributed by atoms with Crippen molar-refractivity contribution in [2.75, 3.05) is 24.5 Å². The zero-order chi connectivity index (χ0) is 18.0. The molecule has 1 aliphatic heterocycles. The predicted octanol–water partition coefficient (Wildman–Crippen LogP) is 0.859. The molecule has 134 valence electrons. The van der Waals surface area contributed by atoms with E-state index in [1.807, 2.05) is 11.4 Å². The molecule has 3 rings (SSSR count).